The summed E-state index contributed by atoms with van der Waals surface area (Å²) in [6.45, 7) is 7.34. The topological polar surface area (TPSA) is 92.3 Å². The second-order valence-electron chi connectivity index (χ2n) is 6.46. The van der Waals surface area contributed by atoms with Crippen LogP contribution in [0.25, 0.3) is 0 Å². The van der Waals surface area contributed by atoms with Crippen LogP contribution in [-0.2, 0) is 20.0 Å². The van der Waals surface area contributed by atoms with Crippen molar-refractivity contribution in [3.05, 3.63) is 29.8 Å². The Kier molecular flexibility index (Phi) is 6.37. The van der Waals surface area contributed by atoms with E-state index in [1.165, 1.54) is 0 Å². The third-order valence-electron chi connectivity index (χ3n) is 3.54. The summed E-state index contributed by atoms with van der Waals surface area (Å²) in [7, 11) is -7.10. The Morgan fingerprint density at radius 2 is 1.61 bits per heavy atom. The van der Waals surface area contributed by atoms with Crippen LogP contribution in [0, 0.1) is 0 Å². The molecule has 0 heterocycles. The highest BCUT2D eigenvalue weighted by Crippen LogP contribution is 2.20. The number of nitrogens with one attached hydrogen (secondary N) is 2. The molecule has 6 nitrogen and oxygen atoms in total. The third-order valence-corrected chi connectivity index (χ3v) is 5.88. The number of sulfonamides is 2. The van der Waals surface area contributed by atoms with Crippen LogP contribution in [-0.4, -0.2) is 35.2 Å². The quantitative estimate of drug-likeness (QED) is 0.738. The van der Waals surface area contributed by atoms with Crippen molar-refractivity contribution in [3.63, 3.8) is 0 Å². The molecule has 0 radical (unpaired) electrons. The normalized spacial score (nSPS) is 14.7. The van der Waals surface area contributed by atoms with Gasteiger partial charge in [-0.15, -0.1) is 0 Å². The van der Waals surface area contributed by atoms with Crippen LogP contribution >= 0.6 is 0 Å². The lowest BCUT2D eigenvalue weighted by molar-refractivity contribution is 0.446. The molecule has 1 aromatic rings. The molecule has 1 unspecified atom stereocenters. The average molecular weight is 363 g/mol. The highest BCUT2D eigenvalue weighted by Gasteiger charge is 2.25. The molecular formula is C15H26N2O4S2. The van der Waals surface area contributed by atoms with Gasteiger partial charge in [-0.1, -0.05) is 26.0 Å². The number of rotatable bonds is 8. The summed E-state index contributed by atoms with van der Waals surface area (Å²) in [4.78, 5) is 0.166. The van der Waals surface area contributed by atoms with E-state index >= 15 is 0 Å². The molecule has 0 aliphatic heterocycles. The summed E-state index contributed by atoms with van der Waals surface area (Å²) in [6.07, 6.45) is 2.02. The maximum atomic E-state index is 12.3. The first-order chi connectivity index (χ1) is 10.4. The fraction of sp³-hybridized carbons (Fsp3) is 0.600. The minimum absolute atomic E-state index is 0.0461. The van der Waals surface area contributed by atoms with E-state index in [0.29, 0.717) is 5.92 Å². The van der Waals surface area contributed by atoms with Crippen molar-refractivity contribution in [3.8, 4) is 0 Å². The van der Waals surface area contributed by atoms with Crippen LogP contribution in [0.2, 0.25) is 0 Å². The second-order valence-corrected chi connectivity index (χ2v) is 9.98. The minimum Gasteiger partial charge on any atom is -0.213 e. The van der Waals surface area contributed by atoms with Gasteiger partial charge >= 0.3 is 0 Å². The Bertz CT molecular complexity index is 723. The van der Waals surface area contributed by atoms with Crippen LogP contribution < -0.4 is 9.44 Å². The van der Waals surface area contributed by atoms with Crippen molar-refractivity contribution in [2.45, 2.75) is 50.5 Å². The Balaban J connectivity index is 2.84. The molecule has 0 aliphatic rings. The summed E-state index contributed by atoms with van der Waals surface area (Å²) in [5.74, 6) is 0.373. The first-order valence-corrected chi connectivity index (χ1v) is 10.8. The summed E-state index contributed by atoms with van der Waals surface area (Å²) in [5.41, 5.74) is 0.169. The average Bonchev–Trinajstić information content (AvgIpc) is 2.42. The third kappa shape index (κ3) is 6.58. The van der Waals surface area contributed by atoms with Crippen molar-refractivity contribution < 1.29 is 16.8 Å². The summed E-state index contributed by atoms with van der Waals surface area (Å²) < 4.78 is 52.0. The molecule has 8 heteroatoms. The maximum absolute atomic E-state index is 12.3. The monoisotopic (exact) mass is 362 g/mol. The number of benzene rings is 1. The molecule has 0 aliphatic carbocycles. The molecule has 132 valence electrons. The van der Waals surface area contributed by atoms with E-state index in [-0.39, 0.29) is 11.4 Å². The van der Waals surface area contributed by atoms with Crippen LogP contribution in [0.4, 0.5) is 0 Å². The van der Waals surface area contributed by atoms with Crippen LogP contribution in [0.3, 0.4) is 0 Å². The predicted octanol–water partition coefficient (Wildman–Crippen LogP) is 1.81. The molecule has 1 atom stereocenters. The lowest BCUT2D eigenvalue weighted by Gasteiger charge is -2.25. The Morgan fingerprint density at radius 3 is 2.04 bits per heavy atom. The molecule has 0 fully saturated rings. The van der Waals surface area contributed by atoms with E-state index in [4.69, 9.17) is 0 Å². The fourth-order valence-electron chi connectivity index (χ4n) is 2.11. The number of hydrogen-bond acceptors (Lipinski definition) is 4. The van der Waals surface area contributed by atoms with Gasteiger partial charge in [0.05, 0.1) is 11.2 Å². The lowest BCUT2D eigenvalue weighted by atomic mass is 9.99. The van der Waals surface area contributed by atoms with Gasteiger partial charge in [0.2, 0.25) is 20.0 Å². The van der Waals surface area contributed by atoms with Gasteiger partial charge < -0.3 is 0 Å². The molecule has 0 bridgehead atoms. The van der Waals surface area contributed by atoms with E-state index in [0.717, 1.165) is 18.2 Å². The summed E-state index contributed by atoms with van der Waals surface area (Å²) in [6, 6.07) is 6.76. The van der Waals surface area contributed by atoms with Crippen molar-refractivity contribution in [2.24, 2.45) is 0 Å². The zero-order chi connectivity index (χ0) is 17.9. The van der Waals surface area contributed by atoms with Crippen molar-refractivity contribution in [1.82, 2.24) is 9.44 Å². The van der Waals surface area contributed by atoms with E-state index in [1.807, 2.05) is 12.1 Å². The van der Waals surface area contributed by atoms with Crippen LogP contribution in [0.5, 0.6) is 0 Å². The van der Waals surface area contributed by atoms with Gasteiger partial charge in [0.25, 0.3) is 0 Å². The molecular weight excluding hydrogens is 336 g/mol. The standard InChI is InChI=1S/C15H26N2O4S2/c1-6-12(2)13-7-9-14(10-8-13)23(20,21)16-11-15(3,4)17-22(5,18)19/h7-10,12,16-17H,6,11H2,1-5H3. The molecule has 0 aromatic heterocycles. The van der Waals surface area contributed by atoms with Gasteiger partial charge in [-0.25, -0.2) is 26.3 Å². The summed E-state index contributed by atoms with van der Waals surface area (Å²) in [5, 5.41) is 0. The van der Waals surface area contributed by atoms with Crippen molar-refractivity contribution in [1.29, 1.82) is 0 Å². The second kappa shape index (κ2) is 7.29. The largest absolute Gasteiger partial charge is 0.240 e. The Labute approximate surface area is 139 Å². The zero-order valence-corrected chi connectivity index (χ0v) is 15.9. The molecule has 2 N–H and O–H groups in total. The molecule has 23 heavy (non-hydrogen) atoms. The van der Waals surface area contributed by atoms with Crippen molar-refractivity contribution in [2.75, 3.05) is 12.8 Å². The highest BCUT2D eigenvalue weighted by molar-refractivity contribution is 7.89. The van der Waals surface area contributed by atoms with E-state index < -0.39 is 25.6 Å². The van der Waals surface area contributed by atoms with Crippen molar-refractivity contribution >= 4 is 20.0 Å². The maximum Gasteiger partial charge on any atom is 0.240 e. The van der Waals surface area contributed by atoms with Crippen LogP contribution in [0.15, 0.2) is 29.2 Å². The predicted molar refractivity (Wildman–Crippen MR) is 92.4 cm³/mol. The van der Waals surface area contributed by atoms with Gasteiger partial charge in [-0.3, -0.25) is 0 Å². The highest BCUT2D eigenvalue weighted by atomic mass is 32.2. The summed E-state index contributed by atoms with van der Waals surface area (Å²) >= 11 is 0. The Morgan fingerprint density at radius 1 is 1.09 bits per heavy atom. The van der Waals surface area contributed by atoms with Gasteiger partial charge in [-0.05, 0) is 43.9 Å². The van der Waals surface area contributed by atoms with Crippen LogP contribution in [0.1, 0.15) is 45.6 Å². The van der Waals surface area contributed by atoms with Gasteiger partial charge in [0.15, 0.2) is 0 Å². The molecule has 0 saturated heterocycles. The minimum atomic E-state index is -3.68. The molecule has 1 aromatic carbocycles. The molecule has 1 rings (SSSR count). The van der Waals surface area contributed by atoms with Gasteiger partial charge in [0, 0.05) is 12.1 Å². The fourth-order valence-corrected chi connectivity index (χ4v) is 4.40. The van der Waals surface area contributed by atoms with Gasteiger partial charge in [-0.2, -0.15) is 0 Å². The van der Waals surface area contributed by atoms with E-state index in [1.54, 1.807) is 26.0 Å². The van der Waals surface area contributed by atoms with Gasteiger partial charge in [0.1, 0.15) is 0 Å². The Hall–Kier alpha value is -0.960. The molecule has 0 spiro atoms. The molecule has 0 amide bonds. The number of hydrogen-bond donors (Lipinski definition) is 2. The smallest absolute Gasteiger partial charge is 0.213 e. The first kappa shape index (κ1) is 20.1. The van der Waals surface area contributed by atoms with E-state index in [2.05, 4.69) is 23.3 Å². The SMILES string of the molecule is CCC(C)c1ccc(S(=O)(=O)NCC(C)(C)NS(C)(=O)=O)cc1. The first-order valence-electron chi connectivity index (χ1n) is 7.45. The molecule has 0 saturated carbocycles. The lowest BCUT2D eigenvalue weighted by Crippen LogP contribution is -2.50. The zero-order valence-electron chi connectivity index (χ0n) is 14.3. The van der Waals surface area contributed by atoms with E-state index in [9.17, 15) is 16.8 Å².